The Bertz CT molecular complexity index is 2640. The fourth-order valence-corrected chi connectivity index (χ4v) is 20.6. The molecule has 0 radical (unpaired) electrons. The van der Waals surface area contributed by atoms with Gasteiger partial charge in [-0.15, -0.1) is 0 Å². The highest BCUT2D eigenvalue weighted by molar-refractivity contribution is 7.97. The Balaban J connectivity index is 0.853. The minimum Gasteiger partial charge on any atom is -0.463 e. The maximum atomic E-state index is 15.6. The van der Waals surface area contributed by atoms with E-state index >= 15 is 14.4 Å². The van der Waals surface area contributed by atoms with Crippen molar-refractivity contribution in [3.63, 3.8) is 0 Å². The molecule has 1 heterocycles. The second kappa shape index (κ2) is 21.0. The van der Waals surface area contributed by atoms with Crippen molar-refractivity contribution in [3.8, 4) is 5.75 Å². The Hall–Kier alpha value is -4.68. The highest BCUT2D eigenvalue weighted by atomic mass is 32.2. The largest absolute Gasteiger partial charge is 0.463 e. The highest BCUT2D eigenvalue weighted by Gasteiger charge is 2.60. The number of esters is 5. The second-order valence-electron chi connectivity index (χ2n) is 27.5. The summed E-state index contributed by atoms with van der Waals surface area (Å²) in [6, 6.07) is 28.3. The zero-order valence-electron chi connectivity index (χ0n) is 46.6. The normalized spacial score (nSPS) is 37.1. The second-order valence-corrected chi connectivity index (χ2v) is 29.6. The van der Waals surface area contributed by atoms with E-state index < -0.39 is 80.8 Å². The van der Waals surface area contributed by atoms with Gasteiger partial charge in [-0.1, -0.05) is 50.2 Å². The van der Waals surface area contributed by atoms with E-state index in [1.165, 1.54) is 12.8 Å². The van der Waals surface area contributed by atoms with Crippen LogP contribution < -0.4 is 4.74 Å². The fourth-order valence-electron chi connectivity index (χ4n) is 18.5. The van der Waals surface area contributed by atoms with E-state index in [1.54, 1.807) is 20.8 Å². The Labute approximate surface area is 464 Å². The minimum atomic E-state index is -1.53. The molecule has 0 aromatic heterocycles. The lowest BCUT2D eigenvalue weighted by molar-refractivity contribution is -0.210. The molecule has 11 aliphatic rings. The van der Waals surface area contributed by atoms with E-state index in [2.05, 4.69) is 38.1 Å². The summed E-state index contributed by atoms with van der Waals surface area (Å²) in [4.78, 5) is 77.5. The molecule has 14 rings (SSSR count). The number of cyclic esters (lactones) is 1. The molecule has 3 aromatic rings. The van der Waals surface area contributed by atoms with Gasteiger partial charge in [-0.05, 0) is 244 Å². The van der Waals surface area contributed by atoms with Crippen molar-refractivity contribution in [2.45, 2.75) is 188 Å². The van der Waals surface area contributed by atoms with Crippen molar-refractivity contribution in [2.24, 2.45) is 87.8 Å². The molecule has 1 N–H and O–H groups in total. The average molecular weight is 1080 g/mol. The monoisotopic (exact) mass is 1080 g/mol. The zero-order chi connectivity index (χ0) is 54.3. The van der Waals surface area contributed by atoms with Gasteiger partial charge in [0.15, 0.2) is 14.7 Å². The van der Waals surface area contributed by atoms with Crippen LogP contribution in [0.3, 0.4) is 0 Å². The van der Waals surface area contributed by atoms with Crippen LogP contribution >= 0.6 is 0 Å². The summed E-state index contributed by atoms with van der Waals surface area (Å²) in [7, 11) is -0.404. The van der Waals surface area contributed by atoms with Crippen molar-refractivity contribution >= 4 is 40.7 Å². The van der Waals surface area contributed by atoms with Gasteiger partial charge in [0.05, 0.1) is 45.8 Å². The molecule has 11 atom stereocenters. The maximum Gasteiger partial charge on any atom is 0.347 e. The standard InChI is InChI=1S/C66H83O11S/c1-39(58(67)74-51-18-20-54(21-19-51)78(52-12-8-6-9-13-52)53-14-10-7-11-15-53)33-63(3,62(71)76-57-46-25-43-26-47(57)37-66(72,34-43)36-46)38-64(4,61(70)75-56-22-23-73-60(56)69)35-48(32-55-40(2)44-16-17-45(55)31-44)59(68)77-65(5)49-27-41-24-42(29-49)30-50(65)28-41/h6-15,18-21,39-50,55-57,72H,16-17,22-38H2,1-5H3/q+1. The summed E-state index contributed by atoms with van der Waals surface area (Å²) >= 11 is 0. The molecule has 0 spiro atoms. The number of benzene rings is 3. The van der Waals surface area contributed by atoms with Crippen LogP contribution in [0.25, 0.3) is 0 Å². The molecule has 10 aliphatic carbocycles. The van der Waals surface area contributed by atoms with Gasteiger partial charge in [-0.2, -0.15) is 0 Å². The Morgan fingerprint density at radius 1 is 0.679 bits per heavy atom. The summed E-state index contributed by atoms with van der Waals surface area (Å²) in [5, 5.41) is 11.6. The van der Waals surface area contributed by atoms with Gasteiger partial charge < -0.3 is 28.8 Å². The molecule has 1 saturated heterocycles. The van der Waals surface area contributed by atoms with Crippen molar-refractivity contribution in [3.05, 3.63) is 84.9 Å². The van der Waals surface area contributed by atoms with Gasteiger partial charge in [0.1, 0.15) is 17.5 Å². The van der Waals surface area contributed by atoms with E-state index in [0.717, 1.165) is 72.5 Å². The SMILES string of the molecule is CC(CC(C)(CC(C)(CC(CC1C2CCC(C2)C1C)C(=O)OC1(C)C2CC3CC(C2)CC1C3)C(=O)OC1CCOC1=O)C(=O)OC1C2CC3CC1CC(O)(C3)C2)C(=O)Oc1ccc([S+](c2ccccc2)c2ccccc2)cc1. The van der Waals surface area contributed by atoms with Gasteiger partial charge in [0.2, 0.25) is 6.10 Å². The number of fused-ring (bicyclic) bond motifs is 2. The van der Waals surface area contributed by atoms with Crippen LogP contribution in [0, 0.1) is 87.8 Å². The summed E-state index contributed by atoms with van der Waals surface area (Å²) in [5.74, 6) is 0.345. The van der Waals surface area contributed by atoms with Gasteiger partial charge in [-0.25, -0.2) is 4.79 Å². The molecule has 1 aliphatic heterocycles. The quantitative estimate of drug-likeness (QED) is 0.0528. The Morgan fingerprint density at radius 2 is 1.26 bits per heavy atom. The van der Waals surface area contributed by atoms with E-state index in [0.29, 0.717) is 72.4 Å². The van der Waals surface area contributed by atoms with Crippen LogP contribution in [0.2, 0.25) is 0 Å². The molecule has 78 heavy (non-hydrogen) atoms. The van der Waals surface area contributed by atoms with Crippen LogP contribution in [0.5, 0.6) is 5.75 Å². The topological polar surface area (TPSA) is 152 Å². The number of carbonyl (C=O) groups excluding carboxylic acids is 5. The van der Waals surface area contributed by atoms with E-state index in [9.17, 15) is 14.7 Å². The van der Waals surface area contributed by atoms with Crippen LogP contribution in [0.1, 0.15) is 150 Å². The minimum absolute atomic E-state index is 0.00274. The predicted octanol–water partition coefficient (Wildman–Crippen LogP) is 12.3. The smallest absolute Gasteiger partial charge is 0.347 e. The first-order valence-electron chi connectivity index (χ1n) is 30.0. The molecular weight excluding hydrogens is 1000 g/mol. The lowest BCUT2D eigenvalue weighted by Crippen LogP contribution is -2.58. The molecule has 10 saturated carbocycles. The molecule has 12 heteroatoms. The molecule has 11 fully saturated rings. The van der Waals surface area contributed by atoms with Crippen LogP contribution in [-0.4, -0.2) is 65.0 Å². The first-order chi connectivity index (χ1) is 37.3. The number of hydrogen-bond acceptors (Lipinski definition) is 11. The average Bonchev–Trinajstić information content (AvgIpc) is 4.25. The number of carbonyl (C=O) groups is 5. The van der Waals surface area contributed by atoms with Crippen molar-refractivity contribution in [2.75, 3.05) is 6.61 Å². The molecule has 11 unspecified atom stereocenters. The van der Waals surface area contributed by atoms with Gasteiger partial charge in [0.25, 0.3) is 0 Å². The lowest BCUT2D eigenvalue weighted by atomic mass is 9.50. The molecular formula is C66H83O11S+. The van der Waals surface area contributed by atoms with E-state index in [-0.39, 0.29) is 56.0 Å². The van der Waals surface area contributed by atoms with Crippen LogP contribution in [-0.2, 0) is 53.8 Å². The molecule has 3 aromatic carbocycles. The first-order valence-corrected chi connectivity index (χ1v) is 31.3. The summed E-state index contributed by atoms with van der Waals surface area (Å²) in [6.07, 6.45) is 11.8. The predicted molar refractivity (Wildman–Crippen MR) is 293 cm³/mol. The van der Waals surface area contributed by atoms with Gasteiger partial charge in [0, 0.05) is 6.42 Å². The van der Waals surface area contributed by atoms with Crippen LogP contribution in [0.15, 0.2) is 99.6 Å². The molecule has 418 valence electrons. The van der Waals surface area contributed by atoms with Gasteiger partial charge in [-0.3, -0.25) is 19.2 Å². The Kier molecular flexibility index (Phi) is 14.5. The first kappa shape index (κ1) is 53.9. The zero-order valence-corrected chi connectivity index (χ0v) is 47.4. The molecule has 0 amide bonds. The lowest BCUT2D eigenvalue weighted by Gasteiger charge is -2.59. The van der Waals surface area contributed by atoms with Crippen LogP contribution in [0.4, 0.5) is 0 Å². The maximum absolute atomic E-state index is 15.6. The number of ether oxygens (including phenoxy) is 5. The fraction of sp³-hybridized carbons (Fsp3) is 0.652. The summed E-state index contributed by atoms with van der Waals surface area (Å²) in [5.41, 5.74) is -4.36. The van der Waals surface area contributed by atoms with E-state index in [4.69, 9.17) is 23.7 Å². The van der Waals surface area contributed by atoms with Crippen molar-refractivity contribution in [1.82, 2.24) is 0 Å². The summed E-state index contributed by atoms with van der Waals surface area (Å²) < 4.78 is 31.4. The Morgan fingerprint density at radius 3 is 1.82 bits per heavy atom. The third-order valence-corrected chi connectivity index (χ3v) is 24.1. The van der Waals surface area contributed by atoms with Gasteiger partial charge >= 0.3 is 29.8 Å². The van der Waals surface area contributed by atoms with Crippen molar-refractivity contribution < 1.29 is 52.8 Å². The molecule has 11 nitrogen and oxygen atoms in total. The number of hydrogen-bond donors (Lipinski definition) is 1. The van der Waals surface area contributed by atoms with E-state index in [1.807, 2.05) is 60.7 Å². The number of rotatable bonds is 19. The number of aliphatic hydroxyl groups is 1. The third-order valence-electron chi connectivity index (χ3n) is 21.9. The summed E-state index contributed by atoms with van der Waals surface area (Å²) in [6.45, 7) is 9.97. The van der Waals surface area contributed by atoms with Crippen molar-refractivity contribution in [1.29, 1.82) is 0 Å². The molecule has 10 bridgehead atoms. The third kappa shape index (κ3) is 10.4. The highest BCUT2D eigenvalue weighted by Crippen LogP contribution is 2.61.